The number of carbonyl (C=O) groups is 2. The van der Waals surface area contributed by atoms with Crippen LogP contribution in [0.5, 0.6) is 0 Å². The average Bonchev–Trinajstić information content (AvgIpc) is 3.71. The van der Waals surface area contributed by atoms with E-state index < -0.39 is 14.6 Å². The van der Waals surface area contributed by atoms with Gasteiger partial charge in [-0.1, -0.05) is 78.4 Å². The minimum Gasteiger partial charge on any atom is -0.465 e. The van der Waals surface area contributed by atoms with Gasteiger partial charge in [0, 0.05) is 37.6 Å². The smallest absolute Gasteiger partial charge is 0.404 e. The van der Waals surface area contributed by atoms with Gasteiger partial charge in [-0.05, 0) is 152 Å². The second-order valence-electron chi connectivity index (χ2n) is 20.4. The van der Waals surface area contributed by atoms with Crippen molar-refractivity contribution < 1.29 is 23.7 Å². The van der Waals surface area contributed by atoms with Crippen LogP contribution in [0.15, 0.2) is 11.6 Å². The Labute approximate surface area is 356 Å². The monoisotopic (exact) mass is 829 g/mol. The van der Waals surface area contributed by atoms with E-state index in [-0.39, 0.29) is 30.1 Å². The SMILES string of the molecule is CC(C)CCC[C@@H](C)[C@H]1CCC2C3CC=C4CCCC[C@]4(C)C3CC[C@@]21C.CC(C)N(C(C)C)P(OCCC#N)O[C@@H]1C[C@@H](C)N(C(=O)CCCCCNC(=O)O)C1. The molecule has 10 heteroatoms. The molecule has 0 aromatic rings. The Morgan fingerprint density at radius 1 is 1.00 bits per heavy atom. The lowest BCUT2D eigenvalue weighted by atomic mass is 9.47. The minimum absolute atomic E-state index is 0.0908. The number of rotatable bonds is 19. The number of hydrogen-bond acceptors (Lipinski definition) is 6. The maximum Gasteiger partial charge on any atom is 0.404 e. The Hall–Kier alpha value is -1.72. The maximum absolute atomic E-state index is 12.7. The van der Waals surface area contributed by atoms with Gasteiger partial charge in [0.05, 0.1) is 25.2 Å². The standard InChI is InChI=1S/C27H46.C21H39N4O5P/c1-19(2)9-8-10-20(3)23-14-15-24-22-13-12-21-11-6-7-17-26(21,4)25(22)16-18-27(23,24)5;1-16(2)25(17(3)4)31(29-13-9-11-22)30-19-14-18(5)24(15-19)20(26)10-7-6-8-12-23-21(27)28/h12,19-20,22-25H,6-11,13-18H2,1-5H3;16-19,23H,6-10,12-15H2,1-5H3,(H,27,28)/t20-,22?,23-,24?,25?,26+,27-;18-,19-,31?/m11/s1. The van der Waals surface area contributed by atoms with E-state index in [1.807, 2.05) is 17.4 Å². The van der Waals surface area contributed by atoms with Gasteiger partial charge in [-0.2, -0.15) is 5.26 Å². The van der Waals surface area contributed by atoms with E-state index in [1.54, 1.807) is 0 Å². The Morgan fingerprint density at radius 2 is 1.74 bits per heavy atom. The molecular formula is C48H85N4O5P. The molecule has 1 heterocycles. The van der Waals surface area contributed by atoms with Crippen molar-refractivity contribution in [3.8, 4) is 6.07 Å². The van der Waals surface area contributed by atoms with Gasteiger partial charge in [0.15, 0.2) is 0 Å². The number of likely N-dealkylation sites (tertiary alicyclic amines) is 1. The molecule has 332 valence electrons. The van der Waals surface area contributed by atoms with Crippen LogP contribution in [-0.4, -0.2) is 70.6 Å². The first-order valence-corrected chi connectivity index (χ1v) is 24.9. The minimum atomic E-state index is -1.32. The Morgan fingerprint density at radius 3 is 2.41 bits per heavy atom. The molecule has 10 atom stereocenters. The van der Waals surface area contributed by atoms with E-state index in [0.717, 1.165) is 61.2 Å². The van der Waals surface area contributed by atoms with Crippen molar-refractivity contribution in [3.63, 3.8) is 0 Å². The first-order valence-electron chi connectivity index (χ1n) is 23.7. The Kier molecular flexibility index (Phi) is 19.3. The van der Waals surface area contributed by atoms with Gasteiger partial charge >= 0.3 is 6.09 Å². The van der Waals surface area contributed by atoms with Gasteiger partial charge in [-0.3, -0.25) is 4.79 Å². The fourth-order valence-electron chi connectivity index (χ4n) is 12.5. The quantitative estimate of drug-likeness (QED) is 0.0757. The zero-order valence-corrected chi connectivity index (χ0v) is 39.5. The highest BCUT2D eigenvalue weighted by molar-refractivity contribution is 7.44. The number of amides is 2. The van der Waals surface area contributed by atoms with Crippen molar-refractivity contribution in [3.05, 3.63) is 11.6 Å². The summed E-state index contributed by atoms with van der Waals surface area (Å²) in [6.07, 6.45) is 23.2. The van der Waals surface area contributed by atoms with E-state index >= 15 is 0 Å². The highest BCUT2D eigenvalue weighted by Crippen LogP contribution is 2.67. The van der Waals surface area contributed by atoms with Crippen LogP contribution < -0.4 is 5.32 Å². The summed E-state index contributed by atoms with van der Waals surface area (Å²) in [6.45, 7) is 24.5. The number of nitrogens with one attached hydrogen (secondary N) is 1. The Bertz CT molecular complexity index is 1360. The summed E-state index contributed by atoms with van der Waals surface area (Å²) in [4.78, 5) is 25.0. The molecule has 5 rings (SSSR count). The van der Waals surface area contributed by atoms with E-state index in [4.69, 9.17) is 19.4 Å². The predicted molar refractivity (Wildman–Crippen MR) is 238 cm³/mol. The summed E-state index contributed by atoms with van der Waals surface area (Å²) >= 11 is 0. The Balaban J connectivity index is 0.000000258. The molecule has 0 aromatic carbocycles. The fourth-order valence-corrected chi connectivity index (χ4v) is 14.2. The van der Waals surface area contributed by atoms with Gasteiger partial charge < -0.3 is 24.4 Å². The van der Waals surface area contributed by atoms with Crippen LogP contribution in [0.3, 0.4) is 0 Å². The normalized spacial score (nSPS) is 31.5. The molecule has 3 saturated carbocycles. The largest absolute Gasteiger partial charge is 0.465 e. The van der Waals surface area contributed by atoms with Crippen LogP contribution in [-0.2, 0) is 13.8 Å². The third kappa shape index (κ3) is 12.7. The number of carbonyl (C=O) groups excluding carboxylic acids is 1. The van der Waals surface area contributed by atoms with E-state index in [9.17, 15) is 9.59 Å². The van der Waals surface area contributed by atoms with Crippen LogP contribution in [0.2, 0.25) is 0 Å². The van der Waals surface area contributed by atoms with Crippen molar-refractivity contribution in [2.45, 2.75) is 209 Å². The second-order valence-corrected chi connectivity index (χ2v) is 21.9. The molecule has 5 aliphatic rings. The lowest BCUT2D eigenvalue weighted by Gasteiger charge is -2.58. The zero-order chi connectivity index (χ0) is 42.6. The summed E-state index contributed by atoms with van der Waals surface area (Å²) in [5, 5.41) is 19.7. The molecule has 58 heavy (non-hydrogen) atoms. The third-order valence-corrected chi connectivity index (χ3v) is 17.5. The number of nitrogens with zero attached hydrogens (tertiary/aromatic N) is 3. The zero-order valence-electron chi connectivity index (χ0n) is 38.6. The molecule has 4 fully saturated rings. The molecule has 4 aliphatic carbocycles. The van der Waals surface area contributed by atoms with E-state index in [0.29, 0.717) is 43.4 Å². The number of allylic oxidation sites excluding steroid dienone is 2. The van der Waals surface area contributed by atoms with Gasteiger partial charge in [-0.25, -0.2) is 9.46 Å². The lowest BCUT2D eigenvalue weighted by molar-refractivity contribution is -0.132. The summed E-state index contributed by atoms with van der Waals surface area (Å²) < 4.78 is 14.6. The van der Waals surface area contributed by atoms with Crippen LogP contribution in [0.25, 0.3) is 0 Å². The second kappa shape index (κ2) is 22.9. The number of nitriles is 1. The average molecular weight is 829 g/mol. The van der Waals surface area contributed by atoms with Crippen molar-refractivity contribution >= 4 is 20.5 Å². The van der Waals surface area contributed by atoms with Crippen molar-refractivity contribution in [1.29, 1.82) is 5.26 Å². The molecular weight excluding hydrogens is 744 g/mol. The van der Waals surface area contributed by atoms with Gasteiger partial charge in [0.2, 0.25) is 5.91 Å². The molecule has 9 nitrogen and oxygen atoms in total. The molecule has 0 radical (unpaired) electrons. The number of unbranched alkanes of at least 4 members (excludes halogenated alkanes) is 2. The summed E-state index contributed by atoms with van der Waals surface area (Å²) in [6, 6.07) is 2.68. The van der Waals surface area contributed by atoms with Crippen molar-refractivity contribution in [2.24, 2.45) is 46.3 Å². The highest BCUT2D eigenvalue weighted by atomic mass is 31.2. The van der Waals surface area contributed by atoms with Crippen LogP contribution in [0.4, 0.5) is 4.79 Å². The summed E-state index contributed by atoms with van der Waals surface area (Å²) in [5.41, 5.74) is 3.09. The van der Waals surface area contributed by atoms with Crippen molar-refractivity contribution in [1.82, 2.24) is 14.9 Å². The first kappa shape index (κ1) is 48.9. The molecule has 0 bridgehead atoms. The predicted octanol–water partition coefficient (Wildman–Crippen LogP) is 12.5. The first-order chi connectivity index (χ1) is 27.5. The lowest BCUT2D eigenvalue weighted by Crippen LogP contribution is -2.50. The highest BCUT2D eigenvalue weighted by Gasteiger charge is 2.58. The molecule has 2 N–H and O–H groups in total. The fraction of sp³-hybridized carbons (Fsp3) is 0.896. The summed E-state index contributed by atoms with van der Waals surface area (Å²) in [5.74, 6) is 5.96. The van der Waals surface area contributed by atoms with Crippen LogP contribution in [0.1, 0.15) is 185 Å². The molecule has 1 aliphatic heterocycles. The molecule has 1 saturated heterocycles. The van der Waals surface area contributed by atoms with Gasteiger partial charge in [-0.15, -0.1) is 0 Å². The van der Waals surface area contributed by atoms with Crippen LogP contribution >= 0.6 is 8.53 Å². The molecule has 0 aromatic heterocycles. The van der Waals surface area contributed by atoms with Crippen molar-refractivity contribution in [2.75, 3.05) is 19.7 Å². The number of carboxylic acid groups (broad SMARTS) is 1. The molecule has 4 unspecified atom stereocenters. The number of hydrogen-bond donors (Lipinski definition) is 2. The third-order valence-electron chi connectivity index (χ3n) is 15.3. The molecule has 0 spiro atoms. The van der Waals surface area contributed by atoms with Gasteiger partial charge in [0.1, 0.15) is 0 Å². The summed E-state index contributed by atoms with van der Waals surface area (Å²) in [7, 11) is -1.32. The van der Waals surface area contributed by atoms with Gasteiger partial charge in [0.25, 0.3) is 8.53 Å². The topological polar surface area (TPSA) is 115 Å². The van der Waals surface area contributed by atoms with E-state index in [2.05, 4.69) is 84.4 Å². The molecule has 2 amide bonds. The van der Waals surface area contributed by atoms with E-state index in [1.165, 1.54) is 77.0 Å². The van der Waals surface area contributed by atoms with Crippen LogP contribution in [0, 0.1) is 57.7 Å². The number of fused-ring (bicyclic) bond motifs is 5. The maximum atomic E-state index is 12.7.